The third-order valence-corrected chi connectivity index (χ3v) is 4.96. The minimum absolute atomic E-state index is 0.0674. The molecule has 2 aromatic rings. The fourth-order valence-electron chi connectivity index (χ4n) is 1.50. The molecule has 0 aliphatic carbocycles. The predicted molar refractivity (Wildman–Crippen MR) is 78.1 cm³/mol. The van der Waals surface area contributed by atoms with E-state index in [2.05, 4.69) is 15.9 Å². The van der Waals surface area contributed by atoms with Crippen LogP contribution in [0.15, 0.2) is 34.1 Å². The van der Waals surface area contributed by atoms with Crippen LogP contribution in [0.1, 0.15) is 15.2 Å². The molecule has 18 heavy (non-hydrogen) atoms. The third kappa shape index (κ3) is 3.13. The maximum Gasteiger partial charge on any atom is 0.177 e. The zero-order valence-electron chi connectivity index (χ0n) is 9.57. The van der Waals surface area contributed by atoms with Crippen molar-refractivity contribution >= 4 is 44.7 Å². The second-order valence-corrected chi connectivity index (χ2v) is 6.46. The fraction of sp³-hybridized carbons (Fsp3) is 0.154. The second kappa shape index (κ2) is 5.87. The first-order chi connectivity index (χ1) is 8.60. The molecule has 0 spiro atoms. The van der Waals surface area contributed by atoms with Crippen molar-refractivity contribution in [1.29, 1.82) is 0 Å². The summed E-state index contributed by atoms with van der Waals surface area (Å²) in [7, 11) is 1.62. The number of ether oxygens (including phenoxy) is 1. The van der Waals surface area contributed by atoms with Crippen LogP contribution >= 0.6 is 38.9 Å². The van der Waals surface area contributed by atoms with Crippen LogP contribution in [0.3, 0.4) is 0 Å². The molecule has 0 saturated carbocycles. The number of carbonyl (C=O) groups excluding carboxylic acids is 1. The van der Waals surface area contributed by atoms with Crippen molar-refractivity contribution in [3.63, 3.8) is 0 Å². The molecule has 0 N–H and O–H groups in total. The molecule has 1 aromatic heterocycles. The molecule has 0 radical (unpaired) electrons. The van der Waals surface area contributed by atoms with Crippen molar-refractivity contribution in [2.45, 2.75) is 6.42 Å². The molecule has 0 fully saturated rings. The molecule has 0 aliphatic rings. The van der Waals surface area contributed by atoms with Crippen LogP contribution < -0.4 is 4.74 Å². The van der Waals surface area contributed by atoms with Crippen LogP contribution in [-0.2, 0) is 6.42 Å². The maximum atomic E-state index is 12.0. The number of carbonyl (C=O) groups is 1. The molecule has 0 amide bonds. The summed E-state index contributed by atoms with van der Waals surface area (Å²) >= 11 is 10.6. The summed E-state index contributed by atoms with van der Waals surface area (Å²) in [5, 5.41) is 0.582. The lowest BCUT2D eigenvalue weighted by Crippen LogP contribution is -2.00. The monoisotopic (exact) mass is 344 g/mol. The maximum absolute atomic E-state index is 12.0. The van der Waals surface area contributed by atoms with Gasteiger partial charge >= 0.3 is 0 Å². The Balaban J connectivity index is 2.10. The average Bonchev–Trinajstić information content (AvgIpc) is 2.71. The predicted octanol–water partition coefficient (Wildman–Crippen LogP) is 4.60. The van der Waals surface area contributed by atoms with E-state index in [-0.39, 0.29) is 5.78 Å². The van der Waals surface area contributed by atoms with Crippen molar-refractivity contribution < 1.29 is 9.53 Å². The van der Waals surface area contributed by atoms with Crippen LogP contribution in [0, 0.1) is 0 Å². The Morgan fingerprint density at radius 1 is 1.39 bits per heavy atom. The van der Waals surface area contributed by atoms with E-state index in [0.717, 1.165) is 15.1 Å². The molecule has 0 unspecified atom stereocenters. The van der Waals surface area contributed by atoms with E-state index in [9.17, 15) is 4.79 Å². The SMILES string of the molecule is COc1ccc(CC(=O)c2cc(Cl)c(Br)s2)cc1. The Hall–Kier alpha value is -0.840. The highest BCUT2D eigenvalue weighted by atomic mass is 79.9. The highest BCUT2D eigenvalue weighted by molar-refractivity contribution is 9.11. The van der Waals surface area contributed by atoms with Crippen molar-refractivity contribution in [2.75, 3.05) is 7.11 Å². The minimum Gasteiger partial charge on any atom is -0.497 e. The van der Waals surface area contributed by atoms with Gasteiger partial charge in [-0.25, -0.2) is 0 Å². The molecular weight excluding hydrogens is 336 g/mol. The van der Waals surface area contributed by atoms with Gasteiger partial charge in [0.25, 0.3) is 0 Å². The van der Waals surface area contributed by atoms with E-state index in [1.54, 1.807) is 13.2 Å². The number of hydrogen-bond donors (Lipinski definition) is 0. The molecule has 0 aliphatic heterocycles. The smallest absolute Gasteiger partial charge is 0.177 e. The fourth-order valence-corrected chi connectivity index (χ4v) is 3.14. The lowest BCUT2D eigenvalue weighted by atomic mass is 10.1. The summed E-state index contributed by atoms with van der Waals surface area (Å²) in [4.78, 5) is 12.7. The Morgan fingerprint density at radius 2 is 2.06 bits per heavy atom. The largest absolute Gasteiger partial charge is 0.497 e. The highest BCUT2D eigenvalue weighted by Crippen LogP contribution is 2.32. The van der Waals surface area contributed by atoms with Crippen molar-refractivity contribution in [3.05, 3.63) is 49.6 Å². The van der Waals surface area contributed by atoms with E-state index < -0.39 is 0 Å². The lowest BCUT2D eigenvalue weighted by molar-refractivity contribution is 0.0997. The third-order valence-electron chi connectivity index (χ3n) is 2.44. The minimum atomic E-state index is 0.0674. The molecular formula is C13H10BrClO2S. The van der Waals surface area contributed by atoms with Gasteiger partial charge in [0, 0.05) is 6.42 Å². The summed E-state index contributed by atoms with van der Waals surface area (Å²) in [5.41, 5.74) is 0.960. The molecule has 1 heterocycles. The second-order valence-electron chi connectivity index (χ2n) is 3.68. The van der Waals surface area contributed by atoms with Gasteiger partial charge in [0.2, 0.25) is 0 Å². The van der Waals surface area contributed by atoms with E-state index in [1.807, 2.05) is 24.3 Å². The number of thiophene rings is 1. The number of rotatable bonds is 4. The number of hydrogen-bond acceptors (Lipinski definition) is 3. The first kappa shape index (κ1) is 13.6. The van der Waals surface area contributed by atoms with E-state index in [4.69, 9.17) is 16.3 Å². The van der Waals surface area contributed by atoms with Gasteiger partial charge in [-0.15, -0.1) is 11.3 Å². The van der Waals surface area contributed by atoms with Gasteiger partial charge in [0.1, 0.15) is 5.75 Å². The number of Topliss-reactive ketones (excluding diaryl/α,β-unsaturated/α-hetero) is 1. The molecule has 0 bridgehead atoms. The molecule has 2 nitrogen and oxygen atoms in total. The van der Waals surface area contributed by atoms with Gasteiger partial charge in [0.15, 0.2) is 5.78 Å². The number of ketones is 1. The first-order valence-corrected chi connectivity index (χ1v) is 7.20. The zero-order valence-corrected chi connectivity index (χ0v) is 12.7. The van der Waals surface area contributed by atoms with Crippen LogP contribution in [-0.4, -0.2) is 12.9 Å². The van der Waals surface area contributed by atoms with Crippen LogP contribution in [0.25, 0.3) is 0 Å². The number of benzene rings is 1. The highest BCUT2D eigenvalue weighted by Gasteiger charge is 2.12. The van der Waals surface area contributed by atoms with E-state index in [0.29, 0.717) is 16.3 Å². The average molecular weight is 346 g/mol. The summed E-state index contributed by atoms with van der Waals surface area (Å²) in [6.45, 7) is 0. The van der Waals surface area contributed by atoms with Crippen LogP contribution in [0.5, 0.6) is 5.75 Å². The number of halogens is 2. The Bertz CT molecular complexity index is 543. The van der Waals surface area contributed by atoms with Crippen molar-refractivity contribution in [1.82, 2.24) is 0 Å². The van der Waals surface area contributed by atoms with Gasteiger partial charge < -0.3 is 4.74 Å². The summed E-state index contributed by atoms with van der Waals surface area (Å²) in [6, 6.07) is 9.17. The van der Waals surface area contributed by atoms with Gasteiger partial charge in [-0.2, -0.15) is 0 Å². The quantitative estimate of drug-likeness (QED) is 0.757. The summed E-state index contributed by atoms with van der Waals surface area (Å²) in [5.74, 6) is 0.853. The van der Waals surface area contributed by atoms with E-state index in [1.165, 1.54) is 11.3 Å². The molecule has 0 saturated heterocycles. The normalized spacial score (nSPS) is 10.4. The standard InChI is InChI=1S/C13H10BrClO2S/c1-17-9-4-2-8(3-5-9)6-11(16)12-7-10(15)13(14)18-12/h2-5,7H,6H2,1H3. The lowest BCUT2D eigenvalue weighted by Gasteiger charge is -2.02. The van der Waals surface area contributed by atoms with Crippen molar-refractivity contribution in [3.8, 4) is 5.75 Å². The molecule has 5 heteroatoms. The Kier molecular flexibility index (Phi) is 4.43. The van der Waals surface area contributed by atoms with Gasteiger partial charge in [-0.3, -0.25) is 4.79 Å². The Labute approximate surface area is 123 Å². The molecule has 1 aromatic carbocycles. The van der Waals surface area contributed by atoms with E-state index >= 15 is 0 Å². The molecule has 0 atom stereocenters. The van der Waals surface area contributed by atoms with Gasteiger partial charge in [0.05, 0.1) is 20.8 Å². The van der Waals surface area contributed by atoms with Crippen LogP contribution in [0.2, 0.25) is 5.02 Å². The Morgan fingerprint density at radius 3 is 2.56 bits per heavy atom. The first-order valence-electron chi connectivity index (χ1n) is 5.21. The topological polar surface area (TPSA) is 26.3 Å². The molecule has 2 rings (SSSR count). The van der Waals surface area contributed by atoms with Crippen molar-refractivity contribution in [2.24, 2.45) is 0 Å². The molecule has 94 valence electrons. The number of methoxy groups -OCH3 is 1. The van der Waals surface area contributed by atoms with Crippen LogP contribution in [0.4, 0.5) is 0 Å². The van der Waals surface area contributed by atoms with Gasteiger partial charge in [-0.05, 0) is 39.7 Å². The summed E-state index contributed by atoms with van der Waals surface area (Å²) in [6.07, 6.45) is 0.368. The summed E-state index contributed by atoms with van der Waals surface area (Å²) < 4.78 is 5.87. The zero-order chi connectivity index (χ0) is 13.1. The van der Waals surface area contributed by atoms with Gasteiger partial charge in [-0.1, -0.05) is 23.7 Å².